The van der Waals surface area contributed by atoms with E-state index in [9.17, 15) is 4.79 Å². The Morgan fingerprint density at radius 3 is 2.57 bits per heavy atom. The number of hydrogen-bond donors (Lipinski definition) is 1. The molecule has 0 aliphatic heterocycles. The molecule has 1 N–H and O–H groups in total. The maximum Gasteiger partial charge on any atom is 0.228 e. The number of methoxy groups -OCH3 is 2. The van der Waals surface area contributed by atoms with Crippen molar-refractivity contribution < 1.29 is 14.3 Å². The molecule has 122 valence electrons. The van der Waals surface area contributed by atoms with E-state index in [2.05, 4.69) is 10.3 Å². The number of carbonyl (C=O) groups is 1. The van der Waals surface area contributed by atoms with Gasteiger partial charge in [-0.1, -0.05) is 13.0 Å². The molecule has 0 aliphatic carbocycles. The average molecular weight is 314 g/mol. The molecule has 1 aromatic carbocycles. The smallest absolute Gasteiger partial charge is 0.228 e. The Labute approximate surface area is 136 Å². The van der Waals surface area contributed by atoms with E-state index < -0.39 is 0 Å². The topological polar surface area (TPSA) is 60.5 Å². The largest absolute Gasteiger partial charge is 0.493 e. The van der Waals surface area contributed by atoms with Gasteiger partial charge in [-0.25, -0.2) is 4.98 Å². The van der Waals surface area contributed by atoms with Crippen LogP contribution >= 0.6 is 0 Å². The number of aryl methyl sites for hydroxylation is 1. The molecule has 0 saturated carbocycles. The summed E-state index contributed by atoms with van der Waals surface area (Å²) in [5.74, 6) is 1.68. The number of amides is 1. The highest BCUT2D eigenvalue weighted by molar-refractivity contribution is 5.91. The fourth-order valence-corrected chi connectivity index (χ4v) is 2.31. The number of ether oxygens (including phenoxy) is 2. The van der Waals surface area contributed by atoms with Gasteiger partial charge in [-0.2, -0.15) is 0 Å². The number of hydrogen-bond acceptors (Lipinski definition) is 4. The van der Waals surface area contributed by atoms with Gasteiger partial charge in [0.25, 0.3) is 0 Å². The first kappa shape index (κ1) is 16.8. The Bertz CT molecular complexity index is 686. The number of nitrogens with one attached hydrogen (secondary N) is 1. The minimum Gasteiger partial charge on any atom is -0.493 e. The Balaban J connectivity index is 2.03. The molecule has 0 spiro atoms. The fourth-order valence-electron chi connectivity index (χ4n) is 2.31. The summed E-state index contributed by atoms with van der Waals surface area (Å²) in [7, 11) is 3.20. The van der Waals surface area contributed by atoms with Crippen molar-refractivity contribution in [1.29, 1.82) is 0 Å². The monoisotopic (exact) mass is 314 g/mol. The molecule has 2 rings (SSSR count). The van der Waals surface area contributed by atoms with Crippen LogP contribution in [0.5, 0.6) is 11.5 Å². The number of pyridine rings is 1. The van der Waals surface area contributed by atoms with Crippen molar-refractivity contribution in [2.24, 2.45) is 5.92 Å². The van der Waals surface area contributed by atoms with Gasteiger partial charge in [0.1, 0.15) is 5.82 Å². The summed E-state index contributed by atoms with van der Waals surface area (Å²) in [4.78, 5) is 16.4. The van der Waals surface area contributed by atoms with Crippen LogP contribution in [-0.2, 0) is 11.2 Å². The third kappa shape index (κ3) is 4.45. The zero-order chi connectivity index (χ0) is 16.8. The first-order valence-corrected chi connectivity index (χ1v) is 7.48. The summed E-state index contributed by atoms with van der Waals surface area (Å²) in [5.41, 5.74) is 2.07. The Morgan fingerprint density at radius 1 is 1.17 bits per heavy atom. The van der Waals surface area contributed by atoms with Crippen molar-refractivity contribution in [2.75, 3.05) is 19.5 Å². The van der Waals surface area contributed by atoms with E-state index in [0.29, 0.717) is 23.7 Å². The lowest BCUT2D eigenvalue weighted by atomic mass is 10.00. The third-order valence-electron chi connectivity index (χ3n) is 3.60. The zero-order valence-electron chi connectivity index (χ0n) is 13.9. The first-order valence-electron chi connectivity index (χ1n) is 7.48. The van der Waals surface area contributed by atoms with Crippen molar-refractivity contribution in [1.82, 2.24) is 4.98 Å². The molecule has 1 amide bonds. The summed E-state index contributed by atoms with van der Waals surface area (Å²) in [6.45, 7) is 3.85. The number of aromatic nitrogens is 1. The van der Waals surface area contributed by atoms with E-state index >= 15 is 0 Å². The molecule has 1 aromatic heterocycles. The normalized spacial score (nSPS) is 11.7. The lowest BCUT2D eigenvalue weighted by Crippen LogP contribution is -2.22. The summed E-state index contributed by atoms with van der Waals surface area (Å²) in [5, 5.41) is 2.85. The Kier molecular flexibility index (Phi) is 5.57. The molecule has 1 heterocycles. The Morgan fingerprint density at radius 2 is 1.91 bits per heavy atom. The van der Waals surface area contributed by atoms with Gasteiger partial charge in [0.2, 0.25) is 5.91 Å². The maximum atomic E-state index is 12.3. The summed E-state index contributed by atoms with van der Waals surface area (Å²) >= 11 is 0. The minimum absolute atomic E-state index is 0.0575. The van der Waals surface area contributed by atoms with E-state index in [1.165, 1.54) is 0 Å². The molecule has 5 nitrogen and oxygen atoms in total. The fraction of sp³-hybridized carbons (Fsp3) is 0.333. The van der Waals surface area contributed by atoms with Gasteiger partial charge in [0, 0.05) is 12.1 Å². The second kappa shape index (κ2) is 7.63. The van der Waals surface area contributed by atoms with Crippen LogP contribution < -0.4 is 14.8 Å². The number of nitrogens with zero attached hydrogens (tertiary/aromatic N) is 1. The van der Waals surface area contributed by atoms with Crippen LogP contribution in [-0.4, -0.2) is 25.1 Å². The summed E-state index contributed by atoms with van der Waals surface area (Å²) in [6.07, 6.45) is 2.29. The van der Waals surface area contributed by atoms with Crippen molar-refractivity contribution in [3.63, 3.8) is 0 Å². The summed E-state index contributed by atoms with van der Waals surface area (Å²) in [6, 6.07) is 9.42. The van der Waals surface area contributed by atoms with Crippen LogP contribution in [0.2, 0.25) is 0 Å². The molecular weight excluding hydrogens is 292 g/mol. The van der Waals surface area contributed by atoms with Crippen LogP contribution in [0, 0.1) is 12.8 Å². The van der Waals surface area contributed by atoms with Crippen LogP contribution in [0.15, 0.2) is 36.5 Å². The van der Waals surface area contributed by atoms with Gasteiger partial charge in [-0.15, -0.1) is 0 Å². The van der Waals surface area contributed by atoms with Crippen molar-refractivity contribution >= 4 is 11.7 Å². The van der Waals surface area contributed by atoms with Crippen molar-refractivity contribution in [3.8, 4) is 11.5 Å². The van der Waals surface area contributed by atoms with Crippen LogP contribution in [0.1, 0.15) is 18.1 Å². The molecule has 23 heavy (non-hydrogen) atoms. The quantitative estimate of drug-likeness (QED) is 0.889. The molecule has 2 aromatic rings. The first-order chi connectivity index (χ1) is 11.0. The molecule has 1 atom stereocenters. The van der Waals surface area contributed by atoms with Crippen LogP contribution in [0.4, 0.5) is 5.82 Å². The van der Waals surface area contributed by atoms with Gasteiger partial charge in [-0.3, -0.25) is 4.79 Å². The predicted molar refractivity (Wildman–Crippen MR) is 90.0 cm³/mol. The van der Waals surface area contributed by atoms with Crippen molar-refractivity contribution in [2.45, 2.75) is 20.3 Å². The molecule has 0 aliphatic rings. The van der Waals surface area contributed by atoms with E-state index in [-0.39, 0.29) is 11.8 Å². The van der Waals surface area contributed by atoms with Crippen molar-refractivity contribution in [3.05, 3.63) is 47.7 Å². The highest BCUT2D eigenvalue weighted by Crippen LogP contribution is 2.28. The number of anilines is 1. The minimum atomic E-state index is -0.185. The molecule has 0 radical (unpaired) electrons. The highest BCUT2D eigenvalue weighted by Gasteiger charge is 2.15. The van der Waals surface area contributed by atoms with Gasteiger partial charge in [-0.05, 0) is 48.7 Å². The molecule has 0 fully saturated rings. The molecule has 5 heteroatoms. The highest BCUT2D eigenvalue weighted by atomic mass is 16.5. The average Bonchev–Trinajstić information content (AvgIpc) is 2.54. The van der Waals surface area contributed by atoms with Gasteiger partial charge < -0.3 is 14.8 Å². The summed E-state index contributed by atoms with van der Waals surface area (Å²) < 4.78 is 10.5. The maximum absolute atomic E-state index is 12.3. The third-order valence-corrected chi connectivity index (χ3v) is 3.60. The lowest BCUT2D eigenvalue weighted by molar-refractivity contribution is -0.119. The van der Waals surface area contributed by atoms with E-state index in [1.54, 1.807) is 20.4 Å². The molecular formula is C18H22N2O3. The van der Waals surface area contributed by atoms with Crippen LogP contribution in [0.3, 0.4) is 0 Å². The van der Waals surface area contributed by atoms with Crippen LogP contribution in [0.25, 0.3) is 0 Å². The number of benzene rings is 1. The standard InChI is InChI=1S/C18H22N2O3/c1-12-7-8-19-17(9-12)20-18(21)13(2)10-14-5-6-15(22-3)16(11-14)23-4/h5-9,11,13H,10H2,1-4H3,(H,19,20,21). The second-order valence-electron chi connectivity index (χ2n) is 5.50. The zero-order valence-corrected chi connectivity index (χ0v) is 13.9. The van der Waals surface area contributed by atoms with E-state index in [4.69, 9.17) is 9.47 Å². The van der Waals surface area contributed by atoms with Gasteiger partial charge in [0.05, 0.1) is 14.2 Å². The second-order valence-corrected chi connectivity index (χ2v) is 5.50. The van der Waals surface area contributed by atoms with E-state index in [1.807, 2.05) is 44.2 Å². The molecule has 0 saturated heterocycles. The lowest BCUT2D eigenvalue weighted by Gasteiger charge is -2.14. The van der Waals surface area contributed by atoms with Gasteiger partial charge >= 0.3 is 0 Å². The number of carbonyl (C=O) groups excluding carboxylic acids is 1. The van der Waals surface area contributed by atoms with Gasteiger partial charge in [0.15, 0.2) is 11.5 Å². The molecule has 0 bridgehead atoms. The number of rotatable bonds is 6. The SMILES string of the molecule is COc1ccc(CC(C)C(=O)Nc2cc(C)ccn2)cc1OC. The van der Waals surface area contributed by atoms with E-state index in [0.717, 1.165) is 11.1 Å². The molecule has 1 unspecified atom stereocenters. The Hall–Kier alpha value is -2.56. The predicted octanol–water partition coefficient (Wildman–Crippen LogP) is 3.22.